The topological polar surface area (TPSA) is 62.1 Å². The third-order valence-electron chi connectivity index (χ3n) is 3.12. The normalized spacial score (nSPS) is 9.71. The Balaban J connectivity index is 1.91. The van der Waals surface area contributed by atoms with Gasteiger partial charge in [0.2, 0.25) is 5.91 Å². The monoisotopic (exact) mass is 280 g/mol. The van der Waals surface area contributed by atoms with E-state index in [1.54, 1.807) is 31.4 Å². The zero-order chi connectivity index (χ0) is 15.1. The van der Waals surface area contributed by atoms with Crippen molar-refractivity contribution in [1.29, 1.82) is 5.26 Å². The van der Waals surface area contributed by atoms with E-state index in [0.717, 1.165) is 16.9 Å². The van der Waals surface area contributed by atoms with E-state index >= 15 is 0 Å². The van der Waals surface area contributed by atoms with Gasteiger partial charge in [-0.05, 0) is 23.8 Å². The second-order valence-corrected chi connectivity index (χ2v) is 4.57. The summed E-state index contributed by atoms with van der Waals surface area (Å²) in [6.07, 6.45) is 0.293. The van der Waals surface area contributed by atoms with Gasteiger partial charge in [-0.3, -0.25) is 4.79 Å². The van der Waals surface area contributed by atoms with Gasteiger partial charge in [-0.25, -0.2) is 0 Å². The molecule has 0 aliphatic rings. The number of methoxy groups -OCH3 is 1. The zero-order valence-electron chi connectivity index (χ0n) is 11.8. The smallest absolute Gasteiger partial charge is 0.224 e. The molecule has 4 nitrogen and oxygen atoms in total. The fraction of sp³-hybridized carbons (Fsp3) is 0.176. The van der Waals surface area contributed by atoms with Gasteiger partial charge >= 0.3 is 0 Å². The number of carbonyl (C=O) groups is 1. The minimum atomic E-state index is -0.0642. The van der Waals surface area contributed by atoms with Gasteiger partial charge in [0, 0.05) is 12.1 Å². The maximum atomic E-state index is 11.9. The molecule has 2 aromatic carbocycles. The number of rotatable bonds is 5. The van der Waals surface area contributed by atoms with Gasteiger partial charge in [-0.1, -0.05) is 30.3 Å². The minimum absolute atomic E-state index is 0.0642. The lowest BCUT2D eigenvalue weighted by molar-refractivity contribution is -0.120. The third kappa shape index (κ3) is 4.08. The van der Waals surface area contributed by atoms with Crippen LogP contribution in [0.3, 0.4) is 0 Å². The molecule has 0 spiro atoms. The Morgan fingerprint density at radius 3 is 2.57 bits per heavy atom. The second kappa shape index (κ2) is 7.11. The molecule has 0 saturated heterocycles. The summed E-state index contributed by atoms with van der Waals surface area (Å²) < 4.78 is 5.24. The van der Waals surface area contributed by atoms with Crippen molar-refractivity contribution in [3.63, 3.8) is 0 Å². The molecular weight excluding hydrogens is 264 g/mol. The van der Waals surface area contributed by atoms with Crippen LogP contribution in [0.2, 0.25) is 0 Å². The number of nitriles is 1. The lowest BCUT2D eigenvalue weighted by atomic mass is 10.1. The predicted molar refractivity (Wildman–Crippen MR) is 79.7 cm³/mol. The first kappa shape index (κ1) is 14.6. The Bertz CT molecular complexity index is 657. The summed E-state index contributed by atoms with van der Waals surface area (Å²) in [5, 5.41) is 11.6. The van der Waals surface area contributed by atoms with Crippen molar-refractivity contribution in [3.8, 4) is 11.8 Å². The Hall–Kier alpha value is -2.80. The average molecular weight is 280 g/mol. The van der Waals surface area contributed by atoms with Crippen molar-refractivity contribution in [2.45, 2.75) is 13.0 Å². The Labute approximate surface area is 124 Å². The van der Waals surface area contributed by atoms with Gasteiger partial charge in [-0.2, -0.15) is 5.26 Å². The number of hydrogen-bond donors (Lipinski definition) is 1. The molecule has 0 fully saturated rings. The highest BCUT2D eigenvalue weighted by Crippen LogP contribution is 2.16. The third-order valence-corrected chi connectivity index (χ3v) is 3.12. The highest BCUT2D eigenvalue weighted by Gasteiger charge is 2.06. The van der Waals surface area contributed by atoms with Crippen molar-refractivity contribution in [2.75, 3.05) is 7.11 Å². The number of para-hydroxylation sites is 1. The molecule has 0 radical (unpaired) electrons. The van der Waals surface area contributed by atoms with Gasteiger partial charge in [0.25, 0.3) is 0 Å². The zero-order valence-corrected chi connectivity index (χ0v) is 11.8. The van der Waals surface area contributed by atoms with Crippen LogP contribution in [0.1, 0.15) is 16.7 Å². The van der Waals surface area contributed by atoms with Crippen LogP contribution in [-0.4, -0.2) is 13.0 Å². The van der Waals surface area contributed by atoms with Gasteiger partial charge in [0.15, 0.2) is 0 Å². The molecule has 1 N–H and O–H groups in total. The van der Waals surface area contributed by atoms with E-state index in [9.17, 15) is 4.79 Å². The standard InChI is InChI=1S/C17H16N2O2/c1-21-16-5-3-2-4-15(16)12-19-17(20)10-13-6-8-14(11-18)9-7-13/h2-9H,10,12H2,1H3,(H,19,20). The highest BCUT2D eigenvalue weighted by atomic mass is 16.5. The number of nitrogens with zero attached hydrogens (tertiary/aromatic N) is 1. The molecule has 2 aromatic rings. The Morgan fingerprint density at radius 1 is 1.19 bits per heavy atom. The maximum Gasteiger partial charge on any atom is 0.224 e. The average Bonchev–Trinajstić information content (AvgIpc) is 2.54. The first-order chi connectivity index (χ1) is 10.2. The largest absolute Gasteiger partial charge is 0.496 e. The maximum absolute atomic E-state index is 11.9. The van der Waals surface area contributed by atoms with Crippen LogP contribution in [0.5, 0.6) is 5.75 Å². The summed E-state index contributed by atoms with van der Waals surface area (Å²) in [5.74, 6) is 0.696. The van der Waals surface area contributed by atoms with Gasteiger partial charge in [0.1, 0.15) is 5.75 Å². The summed E-state index contributed by atoms with van der Waals surface area (Å²) in [6.45, 7) is 0.430. The van der Waals surface area contributed by atoms with Crippen LogP contribution in [0, 0.1) is 11.3 Å². The van der Waals surface area contributed by atoms with Crippen LogP contribution in [0.15, 0.2) is 48.5 Å². The molecular formula is C17H16N2O2. The number of ether oxygens (including phenoxy) is 1. The van der Waals surface area contributed by atoms with E-state index in [-0.39, 0.29) is 5.91 Å². The summed E-state index contributed by atoms with van der Waals surface area (Å²) >= 11 is 0. The highest BCUT2D eigenvalue weighted by molar-refractivity contribution is 5.78. The molecule has 2 rings (SSSR count). The second-order valence-electron chi connectivity index (χ2n) is 4.57. The molecule has 0 heterocycles. The molecule has 0 aliphatic carbocycles. The van der Waals surface area contributed by atoms with Crippen LogP contribution in [-0.2, 0) is 17.8 Å². The summed E-state index contributed by atoms with van der Waals surface area (Å²) in [4.78, 5) is 11.9. The van der Waals surface area contributed by atoms with Gasteiger partial charge < -0.3 is 10.1 Å². The lowest BCUT2D eigenvalue weighted by Gasteiger charge is -2.09. The summed E-state index contributed by atoms with van der Waals surface area (Å²) in [7, 11) is 1.61. The van der Waals surface area contributed by atoms with Crippen molar-refractivity contribution in [2.24, 2.45) is 0 Å². The van der Waals surface area contributed by atoms with E-state index in [4.69, 9.17) is 10.00 Å². The molecule has 0 aromatic heterocycles. The first-order valence-corrected chi connectivity index (χ1v) is 6.60. The molecule has 21 heavy (non-hydrogen) atoms. The molecule has 0 saturated carbocycles. The molecule has 0 bridgehead atoms. The summed E-state index contributed by atoms with van der Waals surface area (Å²) in [6, 6.07) is 16.6. The van der Waals surface area contributed by atoms with Crippen molar-refractivity contribution in [3.05, 3.63) is 65.2 Å². The van der Waals surface area contributed by atoms with E-state index in [0.29, 0.717) is 18.5 Å². The van der Waals surface area contributed by atoms with Crippen molar-refractivity contribution >= 4 is 5.91 Å². The van der Waals surface area contributed by atoms with E-state index in [1.807, 2.05) is 24.3 Å². The summed E-state index contributed by atoms with van der Waals surface area (Å²) in [5.41, 5.74) is 2.41. The minimum Gasteiger partial charge on any atom is -0.496 e. The number of hydrogen-bond acceptors (Lipinski definition) is 3. The van der Waals surface area contributed by atoms with Crippen LogP contribution >= 0.6 is 0 Å². The van der Waals surface area contributed by atoms with Gasteiger partial charge in [0.05, 0.1) is 25.2 Å². The molecule has 4 heteroatoms. The predicted octanol–water partition coefficient (Wildman–Crippen LogP) is 2.43. The van der Waals surface area contributed by atoms with Crippen molar-refractivity contribution in [1.82, 2.24) is 5.32 Å². The molecule has 106 valence electrons. The van der Waals surface area contributed by atoms with E-state index in [2.05, 4.69) is 11.4 Å². The molecule has 0 atom stereocenters. The van der Waals surface area contributed by atoms with Crippen LogP contribution in [0.25, 0.3) is 0 Å². The molecule has 0 aliphatic heterocycles. The quantitative estimate of drug-likeness (QED) is 0.915. The fourth-order valence-corrected chi connectivity index (χ4v) is 1.99. The number of nitrogens with one attached hydrogen (secondary N) is 1. The molecule has 1 amide bonds. The number of carbonyl (C=O) groups excluding carboxylic acids is 1. The van der Waals surface area contributed by atoms with Crippen molar-refractivity contribution < 1.29 is 9.53 Å². The lowest BCUT2D eigenvalue weighted by Crippen LogP contribution is -2.24. The van der Waals surface area contributed by atoms with Crippen LogP contribution < -0.4 is 10.1 Å². The SMILES string of the molecule is COc1ccccc1CNC(=O)Cc1ccc(C#N)cc1. The Kier molecular flexibility index (Phi) is 4.94. The van der Waals surface area contributed by atoms with Crippen LogP contribution in [0.4, 0.5) is 0 Å². The first-order valence-electron chi connectivity index (χ1n) is 6.60. The molecule has 0 unspecified atom stereocenters. The van der Waals surface area contributed by atoms with Gasteiger partial charge in [-0.15, -0.1) is 0 Å². The number of benzene rings is 2. The van der Waals surface area contributed by atoms with E-state index < -0.39 is 0 Å². The number of amides is 1. The Morgan fingerprint density at radius 2 is 1.90 bits per heavy atom. The fourth-order valence-electron chi connectivity index (χ4n) is 1.99. The van der Waals surface area contributed by atoms with E-state index in [1.165, 1.54) is 0 Å².